The summed E-state index contributed by atoms with van der Waals surface area (Å²) in [7, 11) is 1.63. The van der Waals surface area contributed by atoms with Gasteiger partial charge in [0.15, 0.2) is 0 Å². The van der Waals surface area contributed by atoms with Crippen LogP contribution in [-0.2, 0) is 9.47 Å². The molecule has 0 aliphatic carbocycles. The first-order chi connectivity index (χ1) is 6.62. The number of nitrogens with one attached hydrogen (secondary N) is 1. The van der Waals surface area contributed by atoms with E-state index >= 15 is 0 Å². The number of rotatable bonds is 9. The fourth-order valence-corrected chi connectivity index (χ4v) is 0.802. The molecule has 0 rings (SSSR count). The molecule has 0 aliphatic heterocycles. The van der Waals surface area contributed by atoms with Crippen molar-refractivity contribution < 1.29 is 19.7 Å². The first-order valence-corrected chi connectivity index (χ1v) is 4.73. The summed E-state index contributed by atoms with van der Waals surface area (Å²) in [4.78, 5) is 0. The van der Waals surface area contributed by atoms with E-state index in [0.29, 0.717) is 32.9 Å². The number of aliphatic hydroxyl groups is 2. The topological polar surface area (TPSA) is 71.0 Å². The summed E-state index contributed by atoms with van der Waals surface area (Å²) in [5.74, 6) is 0. The van der Waals surface area contributed by atoms with Gasteiger partial charge in [-0.1, -0.05) is 0 Å². The van der Waals surface area contributed by atoms with Crippen LogP contribution in [0.1, 0.15) is 6.92 Å². The van der Waals surface area contributed by atoms with Crippen molar-refractivity contribution in [3.8, 4) is 0 Å². The average Bonchev–Trinajstić information content (AvgIpc) is 2.16. The third-order valence-electron chi connectivity index (χ3n) is 1.70. The van der Waals surface area contributed by atoms with E-state index in [-0.39, 0.29) is 6.61 Å². The zero-order chi connectivity index (χ0) is 10.9. The molecular weight excluding hydrogens is 186 g/mol. The van der Waals surface area contributed by atoms with E-state index in [0.717, 1.165) is 0 Å². The van der Waals surface area contributed by atoms with Crippen molar-refractivity contribution in [3.63, 3.8) is 0 Å². The molecule has 0 bridgehead atoms. The van der Waals surface area contributed by atoms with Crippen molar-refractivity contribution in [3.05, 3.63) is 0 Å². The van der Waals surface area contributed by atoms with E-state index < -0.39 is 5.60 Å². The number of aliphatic hydroxyl groups excluding tert-OH is 1. The number of hydrogen-bond donors (Lipinski definition) is 3. The molecule has 0 aromatic carbocycles. The molecular formula is C9H21NO4. The van der Waals surface area contributed by atoms with Crippen LogP contribution in [0.2, 0.25) is 0 Å². The van der Waals surface area contributed by atoms with Crippen LogP contribution in [0.25, 0.3) is 0 Å². The van der Waals surface area contributed by atoms with Gasteiger partial charge >= 0.3 is 0 Å². The fraction of sp³-hybridized carbons (Fsp3) is 1.00. The van der Waals surface area contributed by atoms with Crippen molar-refractivity contribution in [2.45, 2.75) is 12.5 Å². The standard InChI is InChI=1S/C9H21NO4/c1-9(12,8-11)7-10-3-4-14-6-5-13-2/h10-12H,3-8H2,1-2H3. The number of ether oxygens (including phenoxy) is 2. The average molecular weight is 207 g/mol. The van der Waals surface area contributed by atoms with Crippen LogP contribution < -0.4 is 5.32 Å². The Kier molecular flexibility index (Phi) is 8.02. The Morgan fingerprint density at radius 2 is 2.00 bits per heavy atom. The quantitative estimate of drug-likeness (QED) is 0.422. The normalized spacial score (nSPS) is 15.4. The van der Waals surface area contributed by atoms with Crippen LogP contribution in [0, 0.1) is 0 Å². The molecule has 0 fully saturated rings. The second kappa shape index (κ2) is 8.14. The van der Waals surface area contributed by atoms with Gasteiger partial charge in [0, 0.05) is 20.2 Å². The number of hydrogen-bond acceptors (Lipinski definition) is 5. The largest absolute Gasteiger partial charge is 0.393 e. The molecule has 0 aromatic rings. The highest BCUT2D eigenvalue weighted by atomic mass is 16.5. The maximum Gasteiger partial charge on any atom is 0.0972 e. The Balaban J connectivity index is 3.13. The molecule has 0 heterocycles. The summed E-state index contributed by atoms with van der Waals surface area (Å²) >= 11 is 0. The fourth-order valence-electron chi connectivity index (χ4n) is 0.802. The van der Waals surface area contributed by atoms with Gasteiger partial charge in [-0.2, -0.15) is 0 Å². The van der Waals surface area contributed by atoms with Gasteiger partial charge in [-0.05, 0) is 6.92 Å². The third-order valence-corrected chi connectivity index (χ3v) is 1.70. The minimum absolute atomic E-state index is 0.246. The lowest BCUT2D eigenvalue weighted by Gasteiger charge is -2.20. The minimum atomic E-state index is -1.05. The third kappa shape index (κ3) is 8.40. The van der Waals surface area contributed by atoms with E-state index in [9.17, 15) is 5.11 Å². The Bertz CT molecular complexity index is 130. The molecule has 5 heteroatoms. The predicted molar refractivity (Wildman–Crippen MR) is 53.3 cm³/mol. The Hall–Kier alpha value is -0.200. The molecule has 86 valence electrons. The second-order valence-electron chi connectivity index (χ2n) is 3.44. The van der Waals surface area contributed by atoms with Crippen molar-refractivity contribution in [2.24, 2.45) is 0 Å². The van der Waals surface area contributed by atoms with E-state index in [1.54, 1.807) is 14.0 Å². The predicted octanol–water partition coefficient (Wildman–Crippen LogP) is -1.02. The van der Waals surface area contributed by atoms with Gasteiger partial charge in [0.05, 0.1) is 32.0 Å². The van der Waals surface area contributed by atoms with Crippen LogP contribution >= 0.6 is 0 Å². The van der Waals surface area contributed by atoms with Gasteiger partial charge in [0.1, 0.15) is 0 Å². The van der Waals surface area contributed by atoms with Gasteiger partial charge in [-0.15, -0.1) is 0 Å². The molecule has 1 atom stereocenters. The zero-order valence-corrected chi connectivity index (χ0v) is 8.95. The van der Waals surface area contributed by atoms with Crippen molar-refractivity contribution in [1.82, 2.24) is 5.32 Å². The Morgan fingerprint density at radius 1 is 1.29 bits per heavy atom. The molecule has 0 saturated carbocycles. The smallest absolute Gasteiger partial charge is 0.0972 e. The monoisotopic (exact) mass is 207 g/mol. The van der Waals surface area contributed by atoms with Crippen LogP contribution in [0.4, 0.5) is 0 Å². The van der Waals surface area contributed by atoms with Crippen LogP contribution in [-0.4, -0.2) is 62.4 Å². The molecule has 0 aromatic heterocycles. The zero-order valence-electron chi connectivity index (χ0n) is 8.95. The lowest BCUT2D eigenvalue weighted by atomic mass is 10.1. The van der Waals surface area contributed by atoms with Gasteiger partial charge in [-0.3, -0.25) is 0 Å². The van der Waals surface area contributed by atoms with Crippen molar-refractivity contribution >= 4 is 0 Å². The van der Waals surface area contributed by atoms with Crippen molar-refractivity contribution in [2.75, 3.05) is 46.6 Å². The van der Waals surface area contributed by atoms with E-state index in [1.165, 1.54) is 0 Å². The molecule has 0 spiro atoms. The Morgan fingerprint density at radius 3 is 2.57 bits per heavy atom. The SMILES string of the molecule is COCCOCCNCC(C)(O)CO. The summed E-state index contributed by atoms with van der Waals surface area (Å²) in [6.07, 6.45) is 0. The molecule has 0 aliphatic rings. The van der Waals surface area contributed by atoms with Crippen LogP contribution in [0.5, 0.6) is 0 Å². The first kappa shape index (κ1) is 13.8. The molecule has 5 nitrogen and oxygen atoms in total. The van der Waals surface area contributed by atoms with Crippen LogP contribution in [0.15, 0.2) is 0 Å². The Labute approximate surface area is 85.0 Å². The highest BCUT2D eigenvalue weighted by Crippen LogP contribution is 1.97. The molecule has 1 unspecified atom stereocenters. The van der Waals surface area contributed by atoms with E-state index in [2.05, 4.69) is 5.32 Å². The summed E-state index contributed by atoms with van der Waals surface area (Å²) in [5.41, 5.74) is -1.05. The minimum Gasteiger partial charge on any atom is -0.393 e. The lowest BCUT2D eigenvalue weighted by Crippen LogP contribution is -2.41. The number of methoxy groups -OCH3 is 1. The van der Waals surface area contributed by atoms with Crippen molar-refractivity contribution in [1.29, 1.82) is 0 Å². The van der Waals surface area contributed by atoms with Crippen LogP contribution in [0.3, 0.4) is 0 Å². The van der Waals surface area contributed by atoms with Gasteiger partial charge < -0.3 is 25.0 Å². The lowest BCUT2D eigenvalue weighted by molar-refractivity contribution is 0.000787. The molecule has 0 amide bonds. The molecule has 0 radical (unpaired) electrons. The molecule has 14 heavy (non-hydrogen) atoms. The maximum absolute atomic E-state index is 9.39. The highest BCUT2D eigenvalue weighted by molar-refractivity contribution is 4.73. The summed E-state index contributed by atoms with van der Waals surface area (Å²) in [6.45, 7) is 4.08. The molecule has 0 saturated heterocycles. The second-order valence-corrected chi connectivity index (χ2v) is 3.44. The maximum atomic E-state index is 9.39. The van der Waals surface area contributed by atoms with Gasteiger partial charge in [0.2, 0.25) is 0 Å². The van der Waals surface area contributed by atoms with Gasteiger partial charge in [0.25, 0.3) is 0 Å². The van der Waals surface area contributed by atoms with E-state index in [1.807, 2.05) is 0 Å². The van der Waals surface area contributed by atoms with Gasteiger partial charge in [-0.25, -0.2) is 0 Å². The van der Waals surface area contributed by atoms with E-state index in [4.69, 9.17) is 14.6 Å². The molecule has 3 N–H and O–H groups in total. The summed E-state index contributed by atoms with van der Waals surface area (Å²) in [6, 6.07) is 0. The summed E-state index contributed by atoms with van der Waals surface area (Å²) < 4.78 is 9.99. The summed E-state index contributed by atoms with van der Waals surface area (Å²) in [5, 5.41) is 21.1. The first-order valence-electron chi connectivity index (χ1n) is 4.73. The highest BCUT2D eigenvalue weighted by Gasteiger charge is 2.17.